The second kappa shape index (κ2) is 6.35. The van der Waals surface area contributed by atoms with Crippen LogP contribution >= 0.6 is 0 Å². The Labute approximate surface area is 111 Å². The lowest BCUT2D eigenvalue weighted by Crippen LogP contribution is -2.42. The molecule has 0 aromatic heterocycles. The van der Waals surface area contributed by atoms with E-state index in [0.29, 0.717) is 6.04 Å². The minimum Gasteiger partial charge on any atom is -0.387 e. The maximum Gasteiger partial charge on any atom is 0.0945 e. The van der Waals surface area contributed by atoms with Gasteiger partial charge in [-0.05, 0) is 31.9 Å². The van der Waals surface area contributed by atoms with Crippen LogP contribution in [-0.4, -0.2) is 29.1 Å². The van der Waals surface area contributed by atoms with Crippen molar-refractivity contribution in [2.75, 3.05) is 7.05 Å². The summed E-state index contributed by atoms with van der Waals surface area (Å²) in [5.41, 5.74) is 1.04. The molecule has 0 heterocycles. The first-order valence-electron chi connectivity index (χ1n) is 7.19. The molecule has 2 rings (SSSR count). The summed E-state index contributed by atoms with van der Waals surface area (Å²) in [4.78, 5) is 2.41. The van der Waals surface area contributed by atoms with Crippen LogP contribution in [0.2, 0.25) is 0 Å². The lowest BCUT2D eigenvalue weighted by atomic mass is 9.97. The van der Waals surface area contributed by atoms with Crippen LogP contribution in [0.4, 0.5) is 0 Å². The minimum atomic E-state index is -0.373. The van der Waals surface area contributed by atoms with Crippen LogP contribution < -0.4 is 0 Å². The minimum absolute atomic E-state index is 0.232. The van der Waals surface area contributed by atoms with Crippen molar-refractivity contribution in [1.29, 1.82) is 0 Å². The van der Waals surface area contributed by atoms with E-state index in [1.807, 2.05) is 30.3 Å². The van der Waals surface area contributed by atoms with E-state index in [9.17, 15) is 5.11 Å². The largest absolute Gasteiger partial charge is 0.387 e. The normalized spacial score (nSPS) is 20.2. The van der Waals surface area contributed by atoms with Gasteiger partial charge in [-0.25, -0.2) is 0 Å². The molecular weight excluding hydrogens is 222 g/mol. The van der Waals surface area contributed by atoms with Crippen molar-refractivity contribution < 1.29 is 5.11 Å². The lowest BCUT2D eigenvalue weighted by molar-refractivity contribution is 0.0383. The molecule has 1 N–H and O–H groups in total. The Kier molecular flexibility index (Phi) is 4.79. The highest BCUT2D eigenvalue weighted by Crippen LogP contribution is 2.29. The van der Waals surface area contributed by atoms with E-state index in [-0.39, 0.29) is 12.1 Å². The van der Waals surface area contributed by atoms with Crippen molar-refractivity contribution in [1.82, 2.24) is 4.90 Å². The quantitative estimate of drug-likeness (QED) is 0.862. The van der Waals surface area contributed by atoms with Crippen LogP contribution in [0.1, 0.15) is 50.7 Å². The molecule has 18 heavy (non-hydrogen) atoms. The molecule has 1 saturated carbocycles. The first-order valence-corrected chi connectivity index (χ1v) is 7.19. The Hall–Kier alpha value is -0.860. The fraction of sp³-hybridized carbons (Fsp3) is 0.625. The highest BCUT2D eigenvalue weighted by atomic mass is 16.3. The van der Waals surface area contributed by atoms with Crippen molar-refractivity contribution in [2.24, 2.45) is 0 Å². The van der Waals surface area contributed by atoms with E-state index in [4.69, 9.17) is 0 Å². The van der Waals surface area contributed by atoms with E-state index in [1.54, 1.807) is 0 Å². The Morgan fingerprint density at radius 1 is 1.22 bits per heavy atom. The molecule has 0 saturated heterocycles. The highest BCUT2D eigenvalue weighted by Gasteiger charge is 2.29. The molecular formula is C16H25NO. The number of benzene rings is 1. The first-order chi connectivity index (χ1) is 8.74. The molecule has 0 spiro atoms. The number of hydrogen-bond donors (Lipinski definition) is 1. The Morgan fingerprint density at radius 2 is 1.83 bits per heavy atom. The average Bonchev–Trinajstić information content (AvgIpc) is 2.94. The monoisotopic (exact) mass is 247 g/mol. The van der Waals surface area contributed by atoms with Crippen LogP contribution in [-0.2, 0) is 0 Å². The standard InChI is InChI=1S/C16H25NO/c1-3-15(17(2)14-11-7-8-12-14)16(18)13-9-5-4-6-10-13/h4-6,9-10,14-16,18H,3,7-8,11-12H2,1-2H3. The molecule has 2 nitrogen and oxygen atoms in total. The maximum atomic E-state index is 10.6. The van der Waals surface area contributed by atoms with Crippen LogP contribution in [0.5, 0.6) is 0 Å². The van der Waals surface area contributed by atoms with Crippen LogP contribution in [0.3, 0.4) is 0 Å². The molecule has 1 aliphatic carbocycles. The van der Waals surface area contributed by atoms with Crippen LogP contribution in [0.25, 0.3) is 0 Å². The third-order valence-corrected chi connectivity index (χ3v) is 4.35. The lowest BCUT2D eigenvalue weighted by Gasteiger charge is -2.35. The van der Waals surface area contributed by atoms with Crippen molar-refractivity contribution in [2.45, 2.75) is 57.2 Å². The van der Waals surface area contributed by atoms with Crippen molar-refractivity contribution in [3.63, 3.8) is 0 Å². The third-order valence-electron chi connectivity index (χ3n) is 4.35. The third kappa shape index (κ3) is 2.93. The summed E-state index contributed by atoms with van der Waals surface area (Å²) in [6, 6.07) is 10.9. The van der Waals surface area contributed by atoms with E-state index in [0.717, 1.165) is 12.0 Å². The fourth-order valence-electron chi connectivity index (χ4n) is 3.19. The zero-order valence-corrected chi connectivity index (χ0v) is 11.5. The van der Waals surface area contributed by atoms with Gasteiger partial charge in [0.2, 0.25) is 0 Å². The van der Waals surface area contributed by atoms with Gasteiger partial charge >= 0.3 is 0 Å². The Balaban J connectivity index is 2.07. The Morgan fingerprint density at radius 3 is 2.39 bits per heavy atom. The number of rotatable bonds is 5. The highest BCUT2D eigenvalue weighted by molar-refractivity contribution is 5.19. The van der Waals surface area contributed by atoms with Gasteiger partial charge in [0, 0.05) is 12.1 Å². The number of likely N-dealkylation sites (N-methyl/N-ethyl adjacent to an activating group) is 1. The van der Waals surface area contributed by atoms with E-state index in [2.05, 4.69) is 18.9 Å². The summed E-state index contributed by atoms with van der Waals surface area (Å²) in [5, 5.41) is 10.6. The summed E-state index contributed by atoms with van der Waals surface area (Å²) in [6.07, 6.45) is 5.87. The van der Waals surface area contributed by atoms with Gasteiger partial charge in [0.1, 0.15) is 0 Å². The number of aliphatic hydroxyl groups is 1. The topological polar surface area (TPSA) is 23.5 Å². The molecule has 0 amide bonds. The maximum absolute atomic E-state index is 10.6. The number of aliphatic hydroxyl groups excluding tert-OH is 1. The second-order valence-corrected chi connectivity index (χ2v) is 5.43. The van der Waals surface area contributed by atoms with E-state index < -0.39 is 0 Å². The van der Waals surface area contributed by atoms with E-state index >= 15 is 0 Å². The zero-order chi connectivity index (χ0) is 13.0. The van der Waals surface area contributed by atoms with Gasteiger partial charge in [0.05, 0.1) is 6.10 Å². The zero-order valence-electron chi connectivity index (χ0n) is 11.5. The number of nitrogens with zero attached hydrogens (tertiary/aromatic N) is 1. The average molecular weight is 247 g/mol. The summed E-state index contributed by atoms with van der Waals surface area (Å²) >= 11 is 0. The van der Waals surface area contributed by atoms with Gasteiger partial charge in [0.15, 0.2) is 0 Å². The summed E-state index contributed by atoms with van der Waals surface area (Å²) in [6.45, 7) is 2.17. The molecule has 1 aromatic carbocycles. The molecule has 0 aliphatic heterocycles. The SMILES string of the molecule is CCC(C(O)c1ccccc1)N(C)C1CCCC1. The molecule has 100 valence electrons. The predicted octanol–water partition coefficient (Wildman–Crippen LogP) is 3.37. The van der Waals surface area contributed by atoms with Crippen molar-refractivity contribution in [3.8, 4) is 0 Å². The first kappa shape index (κ1) is 13.6. The van der Waals surface area contributed by atoms with Gasteiger partial charge in [-0.2, -0.15) is 0 Å². The molecule has 1 aliphatic rings. The van der Waals surface area contributed by atoms with Gasteiger partial charge in [-0.3, -0.25) is 4.90 Å². The fourth-order valence-corrected chi connectivity index (χ4v) is 3.19. The van der Waals surface area contributed by atoms with Crippen LogP contribution in [0, 0.1) is 0 Å². The summed E-state index contributed by atoms with van der Waals surface area (Å²) in [5.74, 6) is 0. The number of hydrogen-bond acceptors (Lipinski definition) is 2. The molecule has 1 fully saturated rings. The molecule has 2 unspecified atom stereocenters. The van der Waals surface area contributed by atoms with Crippen LogP contribution in [0.15, 0.2) is 30.3 Å². The summed E-state index contributed by atoms with van der Waals surface area (Å²) in [7, 11) is 2.18. The van der Waals surface area contributed by atoms with Gasteiger partial charge in [-0.1, -0.05) is 50.1 Å². The smallest absolute Gasteiger partial charge is 0.0945 e. The van der Waals surface area contributed by atoms with Gasteiger partial charge < -0.3 is 5.11 Å². The molecule has 0 bridgehead atoms. The van der Waals surface area contributed by atoms with Gasteiger partial charge in [-0.15, -0.1) is 0 Å². The Bertz CT molecular complexity index is 345. The van der Waals surface area contributed by atoms with Crippen molar-refractivity contribution >= 4 is 0 Å². The predicted molar refractivity (Wildman–Crippen MR) is 75.5 cm³/mol. The van der Waals surface area contributed by atoms with Crippen molar-refractivity contribution in [3.05, 3.63) is 35.9 Å². The molecule has 2 atom stereocenters. The molecule has 2 heteroatoms. The second-order valence-electron chi connectivity index (χ2n) is 5.43. The summed E-state index contributed by atoms with van der Waals surface area (Å²) < 4.78 is 0. The van der Waals surface area contributed by atoms with Gasteiger partial charge in [0.25, 0.3) is 0 Å². The molecule has 0 radical (unpaired) electrons. The van der Waals surface area contributed by atoms with E-state index in [1.165, 1.54) is 25.7 Å². The molecule has 1 aromatic rings.